The summed E-state index contributed by atoms with van der Waals surface area (Å²) in [5.41, 5.74) is 1.41. The van der Waals surface area contributed by atoms with Crippen LogP contribution in [0.4, 0.5) is 9.93 Å². The Morgan fingerprint density at radius 3 is 2.66 bits per heavy atom. The molecular weight excluding hydrogens is 608 g/mol. The van der Waals surface area contributed by atoms with Gasteiger partial charge in [0, 0.05) is 20.0 Å². The summed E-state index contributed by atoms with van der Waals surface area (Å²) in [6.45, 7) is 5.80. The van der Waals surface area contributed by atoms with E-state index in [0.717, 1.165) is 12.0 Å². The molecule has 2 aliphatic rings. The van der Waals surface area contributed by atoms with Gasteiger partial charge in [-0.25, -0.2) is 18.2 Å². The van der Waals surface area contributed by atoms with Gasteiger partial charge in [-0.05, 0) is 42.5 Å². The van der Waals surface area contributed by atoms with Crippen LogP contribution < -0.4 is 10.6 Å². The van der Waals surface area contributed by atoms with Gasteiger partial charge in [-0.1, -0.05) is 55.5 Å². The molecule has 5 atom stereocenters. The number of hydrogen-bond donors (Lipinski definition) is 3. The molecule has 0 saturated carbocycles. The van der Waals surface area contributed by atoms with Crippen LogP contribution in [0.5, 0.6) is 0 Å². The number of fused-ring (bicyclic) bond motifs is 2. The summed E-state index contributed by atoms with van der Waals surface area (Å²) < 4.78 is 46.5. The number of carbonyl (C=O) groups is 2. The van der Waals surface area contributed by atoms with Gasteiger partial charge in [0.1, 0.15) is 6.10 Å². The number of hydrogen-bond acceptors (Lipinski definition) is 10. The lowest BCUT2D eigenvalue weighted by atomic mass is 10.0. The van der Waals surface area contributed by atoms with Crippen molar-refractivity contribution in [3.63, 3.8) is 0 Å². The maximum atomic E-state index is 14.0. The predicted molar refractivity (Wildman–Crippen MR) is 165 cm³/mol. The first-order valence-electron chi connectivity index (χ1n) is 14.6. The van der Waals surface area contributed by atoms with Gasteiger partial charge in [0.05, 0.1) is 46.4 Å². The third-order valence-corrected chi connectivity index (χ3v) is 10.3. The minimum Gasteiger partial charge on any atom is -0.443 e. The number of benzene rings is 2. The van der Waals surface area contributed by atoms with Gasteiger partial charge in [-0.2, -0.15) is 4.31 Å². The Morgan fingerprint density at radius 1 is 1.16 bits per heavy atom. The number of sulfonamides is 1. The quantitative estimate of drug-likeness (QED) is 0.269. The topological polar surface area (TPSA) is 156 Å². The number of amides is 2. The molecule has 0 spiro atoms. The maximum absolute atomic E-state index is 14.0. The van der Waals surface area contributed by atoms with Crippen LogP contribution >= 0.6 is 11.3 Å². The number of carbonyl (C=O) groups excluding carboxylic acids is 2. The largest absolute Gasteiger partial charge is 0.443 e. The van der Waals surface area contributed by atoms with Gasteiger partial charge < -0.3 is 30.0 Å². The highest BCUT2D eigenvalue weighted by atomic mass is 32.2. The molecule has 0 aliphatic carbocycles. The molecule has 2 fully saturated rings. The van der Waals surface area contributed by atoms with Crippen molar-refractivity contribution in [2.24, 2.45) is 11.8 Å². The third kappa shape index (κ3) is 7.73. The molecule has 2 aliphatic heterocycles. The van der Waals surface area contributed by atoms with Crippen LogP contribution in [0.3, 0.4) is 0 Å². The average molecular weight is 647 g/mol. The van der Waals surface area contributed by atoms with Crippen molar-refractivity contribution in [1.82, 2.24) is 14.6 Å². The Bertz CT molecular complexity index is 1570. The first kappa shape index (κ1) is 32.3. The van der Waals surface area contributed by atoms with Crippen LogP contribution in [0.15, 0.2) is 53.4 Å². The number of anilines is 1. The van der Waals surface area contributed by atoms with E-state index in [1.807, 2.05) is 44.2 Å². The van der Waals surface area contributed by atoms with Crippen molar-refractivity contribution in [2.75, 3.05) is 31.6 Å². The molecule has 3 N–H and O–H groups in total. The smallest absolute Gasteiger partial charge is 0.407 e. The number of thiazole rings is 1. The van der Waals surface area contributed by atoms with E-state index in [-0.39, 0.29) is 55.0 Å². The SMILES string of the molecule is CC(=O)Nc1nc2ccc(S(=O)(=O)N(CC(C)C)C[C@@H](O)[C@H](Cc3ccccc3)NC(=O)O[C@H]3CO[C@H]4OCC[C@H]43)cc2s1. The summed E-state index contributed by atoms with van der Waals surface area (Å²) in [6.07, 6.45) is -1.85. The number of nitrogens with one attached hydrogen (secondary N) is 2. The molecule has 0 unspecified atom stereocenters. The van der Waals surface area contributed by atoms with Crippen molar-refractivity contribution < 1.29 is 37.3 Å². The Balaban J connectivity index is 1.35. The van der Waals surface area contributed by atoms with Gasteiger partial charge >= 0.3 is 6.09 Å². The molecule has 12 nitrogen and oxygen atoms in total. The lowest BCUT2D eigenvalue weighted by Crippen LogP contribution is -2.51. The van der Waals surface area contributed by atoms with Crippen LogP contribution in [-0.2, 0) is 35.4 Å². The van der Waals surface area contributed by atoms with Gasteiger partial charge in [0.2, 0.25) is 15.9 Å². The molecule has 2 saturated heterocycles. The van der Waals surface area contributed by atoms with E-state index in [1.54, 1.807) is 6.07 Å². The molecule has 14 heteroatoms. The monoisotopic (exact) mass is 646 g/mol. The number of nitrogens with zero attached hydrogens (tertiary/aromatic N) is 2. The van der Waals surface area contributed by atoms with Crippen molar-refractivity contribution in [3.8, 4) is 0 Å². The second-order valence-corrected chi connectivity index (χ2v) is 14.5. The summed E-state index contributed by atoms with van der Waals surface area (Å²) in [7, 11) is -4.07. The molecule has 238 valence electrons. The van der Waals surface area contributed by atoms with Crippen LogP contribution in [0.2, 0.25) is 0 Å². The zero-order chi connectivity index (χ0) is 31.4. The summed E-state index contributed by atoms with van der Waals surface area (Å²) in [6, 6.07) is 13.1. The van der Waals surface area contributed by atoms with Gasteiger partial charge in [0.25, 0.3) is 0 Å². The molecule has 44 heavy (non-hydrogen) atoms. The first-order chi connectivity index (χ1) is 21.0. The second kappa shape index (κ2) is 13.9. The van der Waals surface area contributed by atoms with Crippen molar-refractivity contribution in [1.29, 1.82) is 0 Å². The summed E-state index contributed by atoms with van der Waals surface area (Å²) in [5.74, 6) is -0.370. The maximum Gasteiger partial charge on any atom is 0.407 e. The van der Waals surface area contributed by atoms with E-state index in [1.165, 1.54) is 34.7 Å². The minimum absolute atomic E-state index is 0.0393. The highest BCUT2D eigenvalue weighted by molar-refractivity contribution is 7.89. The Kier molecular flexibility index (Phi) is 10.2. The fraction of sp³-hybridized carbons (Fsp3) is 0.500. The Labute approximate surface area is 260 Å². The number of ether oxygens (including phenoxy) is 3. The van der Waals surface area contributed by atoms with Gasteiger partial charge in [0.15, 0.2) is 11.4 Å². The minimum atomic E-state index is -4.07. The fourth-order valence-electron chi connectivity index (χ4n) is 5.45. The molecule has 0 bridgehead atoms. The molecular formula is C30H38N4O8S2. The van der Waals surface area contributed by atoms with Gasteiger partial charge in [-0.15, -0.1) is 0 Å². The molecule has 1 aromatic heterocycles. The van der Waals surface area contributed by atoms with Crippen LogP contribution in [-0.4, -0.2) is 85.7 Å². The third-order valence-electron chi connectivity index (χ3n) is 7.55. The molecule has 3 heterocycles. The summed E-state index contributed by atoms with van der Waals surface area (Å²) >= 11 is 1.17. The predicted octanol–water partition coefficient (Wildman–Crippen LogP) is 3.36. The standard InChI is InChI=1S/C30H38N4O8S2/c1-18(2)15-34(44(38,39)21-9-10-23-27(14-21)43-29(32-23)31-19(3)35)16-25(36)24(13-20-7-5-4-6-8-20)33-30(37)42-26-17-41-28-22(26)11-12-40-28/h4-10,14,18,22,24-26,28,36H,11-13,15-17H2,1-3H3,(H,33,37)(H,31,32,35)/t22-,24-,25+,26-,28+/m0/s1. The van der Waals surface area contributed by atoms with Crippen molar-refractivity contribution in [2.45, 2.75) is 63.0 Å². The van der Waals surface area contributed by atoms with Crippen LogP contribution in [0, 0.1) is 11.8 Å². The Hall–Kier alpha value is -3.14. The summed E-state index contributed by atoms with van der Waals surface area (Å²) in [4.78, 5) is 28.9. The molecule has 0 radical (unpaired) electrons. The highest BCUT2D eigenvalue weighted by Gasteiger charge is 2.44. The molecule has 2 aromatic carbocycles. The summed E-state index contributed by atoms with van der Waals surface area (Å²) in [5, 5.41) is 17.3. The fourth-order valence-corrected chi connectivity index (χ4v) is 8.13. The van der Waals surface area contributed by atoms with Gasteiger partial charge in [-0.3, -0.25) is 4.79 Å². The number of aromatic nitrogens is 1. The van der Waals surface area contributed by atoms with Crippen molar-refractivity contribution in [3.05, 3.63) is 54.1 Å². The first-order valence-corrected chi connectivity index (χ1v) is 16.9. The zero-order valence-electron chi connectivity index (χ0n) is 24.8. The molecule has 5 rings (SSSR count). The zero-order valence-corrected chi connectivity index (χ0v) is 26.5. The number of aliphatic hydroxyl groups excluding tert-OH is 1. The molecule has 3 aromatic rings. The van der Waals surface area contributed by atoms with E-state index in [0.29, 0.717) is 22.0 Å². The van der Waals surface area contributed by atoms with E-state index in [9.17, 15) is 23.1 Å². The van der Waals surface area contributed by atoms with Crippen LogP contribution in [0.1, 0.15) is 32.8 Å². The number of rotatable bonds is 12. The molecule has 2 amide bonds. The second-order valence-electron chi connectivity index (χ2n) is 11.5. The lowest BCUT2D eigenvalue weighted by Gasteiger charge is -2.31. The lowest BCUT2D eigenvalue weighted by molar-refractivity contribution is -0.114. The van der Waals surface area contributed by atoms with E-state index in [4.69, 9.17) is 14.2 Å². The van der Waals surface area contributed by atoms with E-state index >= 15 is 0 Å². The van der Waals surface area contributed by atoms with E-state index in [2.05, 4.69) is 15.6 Å². The normalized spacial score (nSPS) is 21.4. The van der Waals surface area contributed by atoms with E-state index < -0.39 is 34.4 Å². The Morgan fingerprint density at radius 2 is 1.93 bits per heavy atom. The average Bonchev–Trinajstić information content (AvgIpc) is 3.69. The number of alkyl carbamates (subject to hydrolysis) is 1. The van der Waals surface area contributed by atoms with Crippen molar-refractivity contribution >= 4 is 48.7 Å². The highest BCUT2D eigenvalue weighted by Crippen LogP contribution is 2.33. The van der Waals surface area contributed by atoms with Crippen LogP contribution in [0.25, 0.3) is 10.2 Å². The number of aliphatic hydroxyl groups is 1.